The van der Waals surface area contributed by atoms with Crippen LogP contribution in [0, 0.1) is 5.82 Å². The van der Waals surface area contributed by atoms with Gasteiger partial charge in [-0.3, -0.25) is 9.78 Å². The first-order valence-electron chi connectivity index (χ1n) is 6.96. The van der Waals surface area contributed by atoms with Crippen molar-refractivity contribution in [3.63, 3.8) is 0 Å². The lowest BCUT2D eigenvalue weighted by molar-refractivity contribution is 0.102. The Morgan fingerprint density at radius 2 is 2.10 bits per heavy atom. The fraction of sp³-hybridized carbons (Fsp3) is 0.250. The number of hydrogen-bond acceptors (Lipinski definition) is 3. The smallest absolute Gasteiger partial charge is 0.274 e. The molecule has 0 spiro atoms. The number of rotatable bonds is 6. The first-order valence-corrected chi connectivity index (χ1v) is 6.96. The molecule has 1 aromatic carbocycles. The van der Waals surface area contributed by atoms with E-state index in [1.807, 2.05) is 6.07 Å². The van der Waals surface area contributed by atoms with Crippen LogP contribution < -0.4 is 10.6 Å². The van der Waals surface area contributed by atoms with E-state index in [-0.39, 0.29) is 5.91 Å². The number of nitrogens with zero attached hydrogens (tertiary/aromatic N) is 1. The van der Waals surface area contributed by atoms with Crippen molar-refractivity contribution in [3.8, 4) is 0 Å². The third-order valence-electron chi connectivity index (χ3n) is 2.93. The van der Waals surface area contributed by atoms with Crippen LogP contribution in [-0.4, -0.2) is 17.4 Å². The van der Waals surface area contributed by atoms with Gasteiger partial charge in [-0.25, -0.2) is 4.39 Å². The highest BCUT2D eigenvalue weighted by molar-refractivity contribution is 6.03. The molecule has 2 N–H and O–H groups in total. The molecule has 2 rings (SSSR count). The number of carbonyl (C=O) groups is 1. The average molecular weight is 287 g/mol. The number of carbonyl (C=O) groups excluding carboxylic acids is 1. The van der Waals surface area contributed by atoms with Crippen molar-refractivity contribution in [2.45, 2.75) is 19.8 Å². The Balaban J connectivity index is 2.03. The lowest BCUT2D eigenvalue weighted by Crippen LogP contribution is -2.14. The van der Waals surface area contributed by atoms with E-state index in [0.717, 1.165) is 25.1 Å². The highest BCUT2D eigenvalue weighted by atomic mass is 19.1. The summed E-state index contributed by atoms with van der Waals surface area (Å²) in [5, 5.41) is 5.86. The van der Waals surface area contributed by atoms with E-state index < -0.39 is 5.82 Å². The molecule has 1 aromatic heterocycles. The van der Waals surface area contributed by atoms with Gasteiger partial charge in [0.05, 0.1) is 0 Å². The molecule has 0 aliphatic rings. The number of aromatic nitrogens is 1. The van der Waals surface area contributed by atoms with Gasteiger partial charge in [0.15, 0.2) is 0 Å². The van der Waals surface area contributed by atoms with Crippen LogP contribution in [0.2, 0.25) is 0 Å². The summed E-state index contributed by atoms with van der Waals surface area (Å²) in [6, 6.07) is 9.26. The monoisotopic (exact) mass is 287 g/mol. The van der Waals surface area contributed by atoms with Crippen molar-refractivity contribution in [1.29, 1.82) is 0 Å². The van der Waals surface area contributed by atoms with Crippen molar-refractivity contribution in [2.75, 3.05) is 17.2 Å². The van der Waals surface area contributed by atoms with Gasteiger partial charge in [-0.2, -0.15) is 0 Å². The molecule has 0 aliphatic carbocycles. The summed E-state index contributed by atoms with van der Waals surface area (Å²) in [5.74, 6) is -0.754. The first-order chi connectivity index (χ1) is 10.2. The summed E-state index contributed by atoms with van der Waals surface area (Å²) in [4.78, 5) is 16.1. The molecule has 2 aromatic rings. The highest BCUT2D eigenvalue weighted by Gasteiger charge is 2.08. The normalized spacial score (nSPS) is 10.2. The third kappa shape index (κ3) is 4.56. The standard InChI is InChI=1S/C16H18FN3O/c1-2-3-8-18-13-7-9-19-15(11-13)16(21)20-14-6-4-5-12(17)10-14/h4-7,9-11H,2-3,8H2,1H3,(H,18,19)(H,20,21). The number of halogens is 1. The molecule has 110 valence electrons. The molecule has 0 radical (unpaired) electrons. The second-order valence-electron chi connectivity index (χ2n) is 4.67. The maximum Gasteiger partial charge on any atom is 0.274 e. The second kappa shape index (κ2) is 7.38. The molecule has 1 heterocycles. The van der Waals surface area contributed by atoms with Crippen LogP contribution in [0.15, 0.2) is 42.6 Å². The number of nitrogens with one attached hydrogen (secondary N) is 2. The van der Waals surface area contributed by atoms with Gasteiger partial charge >= 0.3 is 0 Å². The van der Waals surface area contributed by atoms with E-state index in [2.05, 4.69) is 22.5 Å². The predicted octanol–water partition coefficient (Wildman–Crippen LogP) is 3.69. The van der Waals surface area contributed by atoms with Crippen LogP contribution in [0.25, 0.3) is 0 Å². The van der Waals surface area contributed by atoms with Gasteiger partial charge in [0, 0.05) is 24.1 Å². The molecule has 0 fully saturated rings. The van der Waals surface area contributed by atoms with Crippen LogP contribution in [0.1, 0.15) is 30.3 Å². The zero-order valence-corrected chi connectivity index (χ0v) is 11.9. The summed E-state index contributed by atoms with van der Waals surface area (Å²) in [7, 11) is 0. The number of pyridine rings is 1. The summed E-state index contributed by atoms with van der Waals surface area (Å²) in [6.45, 7) is 2.97. The molecule has 4 nitrogen and oxygen atoms in total. The minimum Gasteiger partial charge on any atom is -0.385 e. The lowest BCUT2D eigenvalue weighted by atomic mass is 10.2. The van der Waals surface area contributed by atoms with Gasteiger partial charge in [0.25, 0.3) is 5.91 Å². The van der Waals surface area contributed by atoms with Crippen molar-refractivity contribution < 1.29 is 9.18 Å². The minimum atomic E-state index is -0.393. The lowest BCUT2D eigenvalue weighted by Gasteiger charge is -2.08. The van der Waals surface area contributed by atoms with Gasteiger partial charge in [0.1, 0.15) is 11.5 Å². The maximum absolute atomic E-state index is 13.1. The van der Waals surface area contributed by atoms with Crippen LogP contribution in [0.5, 0.6) is 0 Å². The van der Waals surface area contributed by atoms with E-state index in [0.29, 0.717) is 11.4 Å². The van der Waals surface area contributed by atoms with Crippen molar-refractivity contribution in [1.82, 2.24) is 4.98 Å². The van der Waals surface area contributed by atoms with Gasteiger partial charge in [-0.15, -0.1) is 0 Å². The predicted molar refractivity (Wildman–Crippen MR) is 82.0 cm³/mol. The Bertz CT molecular complexity index is 616. The van der Waals surface area contributed by atoms with Crippen molar-refractivity contribution >= 4 is 17.3 Å². The van der Waals surface area contributed by atoms with Crippen LogP contribution in [-0.2, 0) is 0 Å². The van der Waals surface area contributed by atoms with Gasteiger partial charge < -0.3 is 10.6 Å². The Kier molecular flexibility index (Phi) is 5.26. The molecule has 0 aliphatic heterocycles. The number of hydrogen-bond donors (Lipinski definition) is 2. The topological polar surface area (TPSA) is 54.0 Å². The zero-order valence-electron chi connectivity index (χ0n) is 11.9. The van der Waals surface area contributed by atoms with E-state index in [1.54, 1.807) is 24.4 Å². The van der Waals surface area contributed by atoms with E-state index in [9.17, 15) is 9.18 Å². The quantitative estimate of drug-likeness (QED) is 0.797. The van der Waals surface area contributed by atoms with Crippen LogP contribution in [0.3, 0.4) is 0 Å². The largest absolute Gasteiger partial charge is 0.385 e. The molecular weight excluding hydrogens is 269 g/mol. The Morgan fingerprint density at radius 1 is 1.24 bits per heavy atom. The Morgan fingerprint density at radius 3 is 2.86 bits per heavy atom. The van der Waals surface area contributed by atoms with Crippen molar-refractivity contribution in [3.05, 3.63) is 54.1 Å². The fourth-order valence-corrected chi connectivity index (χ4v) is 1.84. The Labute approximate surface area is 123 Å². The van der Waals surface area contributed by atoms with E-state index >= 15 is 0 Å². The molecule has 0 saturated heterocycles. The first kappa shape index (κ1) is 15.0. The zero-order chi connectivity index (χ0) is 15.1. The van der Waals surface area contributed by atoms with E-state index in [1.165, 1.54) is 12.1 Å². The number of benzene rings is 1. The third-order valence-corrected chi connectivity index (χ3v) is 2.93. The number of unbranched alkanes of at least 4 members (excludes halogenated alkanes) is 1. The molecule has 0 saturated carbocycles. The van der Waals surface area contributed by atoms with E-state index in [4.69, 9.17) is 0 Å². The van der Waals surface area contributed by atoms with Gasteiger partial charge in [-0.1, -0.05) is 19.4 Å². The molecule has 5 heteroatoms. The molecular formula is C16H18FN3O. The van der Waals surface area contributed by atoms with Gasteiger partial charge in [-0.05, 0) is 36.8 Å². The van der Waals surface area contributed by atoms with Crippen molar-refractivity contribution in [2.24, 2.45) is 0 Å². The molecule has 21 heavy (non-hydrogen) atoms. The SMILES string of the molecule is CCCCNc1ccnc(C(=O)Nc2cccc(F)c2)c1. The average Bonchev–Trinajstić information content (AvgIpc) is 2.48. The maximum atomic E-state index is 13.1. The summed E-state index contributed by atoms with van der Waals surface area (Å²) in [6.07, 6.45) is 3.74. The van der Waals surface area contributed by atoms with Crippen LogP contribution in [0.4, 0.5) is 15.8 Å². The second-order valence-corrected chi connectivity index (χ2v) is 4.67. The van der Waals surface area contributed by atoms with Crippen LogP contribution >= 0.6 is 0 Å². The molecule has 1 amide bonds. The fourth-order valence-electron chi connectivity index (χ4n) is 1.84. The molecule has 0 unspecified atom stereocenters. The number of anilines is 2. The Hall–Kier alpha value is -2.43. The molecule has 0 bridgehead atoms. The summed E-state index contributed by atoms with van der Waals surface area (Å²) >= 11 is 0. The highest BCUT2D eigenvalue weighted by Crippen LogP contribution is 2.13. The molecule has 0 atom stereocenters. The summed E-state index contributed by atoms with van der Waals surface area (Å²) in [5.41, 5.74) is 1.55. The summed E-state index contributed by atoms with van der Waals surface area (Å²) < 4.78 is 13.1. The minimum absolute atomic E-state index is 0.292. The van der Waals surface area contributed by atoms with Gasteiger partial charge in [0.2, 0.25) is 0 Å². The number of amides is 1.